The summed E-state index contributed by atoms with van der Waals surface area (Å²) in [5.41, 5.74) is 8.21. The molecular weight excluding hydrogens is 345 g/mol. The van der Waals surface area contributed by atoms with Crippen molar-refractivity contribution < 1.29 is 17.9 Å². The standard InChI is InChI=1S/C14H16F3N3O.C4H11N/c1-10-5-13(21-8-14(15,16)17)19-6-12(10)7-20-9-18-4-3-11(20)2;1-4(2,3)5/h3-6H,7-9H2,1-2H3;5H2,1-3H3. The first-order chi connectivity index (χ1) is 11.8. The molecule has 1 aliphatic rings. The average Bonchev–Trinajstić information content (AvgIpc) is 2.47. The number of nitrogens with zero attached hydrogens (tertiary/aromatic N) is 3. The summed E-state index contributed by atoms with van der Waals surface area (Å²) in [5, 5.41) is 0. The van der Waals surface area contributed by atoms with E-state index in [2.05, 4.69) is 19.6 Å². The lowest BCUT2D eigenvalue weighted by Gasteiger charge is -2.26. The molecule has 0 unspecified atom stereocenters. The third-order valence-electron chi connectivity index (χ3n) is 3.11. The highest BCUT2D eigenvalue weighted by atomic mass is 19.4. The van der Waals surface area contributed by atoms with E-state index < -0.39 is 12.8 Å². The summed E-state index contributed by atoms with van der Waals surface area (Å²) in [7, 11) is 0. The molecule has 0 fully saturated rings. The Hall–Kier alpha value is -2.09. The molecule has 0 atom stereocenters. The van der Waals surface area contributed by atoms with Crippen molar-refractivity contribution in [2.45, 2.75) is 52.9 Å². The van der Waals surface area contributed by atoms with E-state index in [1.165, 1.54) is 6.07 Å². The van der Waals surface area contributed by atoms with Crippen LogP contribution in [0.4, 0.5) is 13.2 Å². The van der Waals surface area contributed by atoms with E-state index in [9.17, 15) is 13.2 Å². The first-order valence-electron chi connectivity index (χ1n) is 8.21. The van der Waals surface area contributed by atoms with Crippen molar-refractivity contribution in [1.82, 2.24) is 9.88 Å². The minimum absolute atomic E-state index is 0. The molecule has 0 radical (unpaired) electrons. The van der Waals surface area contributed by atoms with Gasteiger partial charge in [0.25, 0.3) is 0 Å². The number of aryl methyl sites for hydroxylation is 1. The summed E-state index contributed by atoms with van der Waals surface area (Å²) < 4.78 is 40.9. The number of nitrogens with two attached hydrogens (primary N) is 1. The molecule has 146 valence electrons. The van der Waals surface area contributed by atoms with Crippen LogP contribution in [-0.2, 0) is 6.54 Å². The van der Waals surface area contributed by atoms with Gasteiger partial charge in [-0.25, -0.2) is 4.98 Å². The maximum absolute atomic E-state index is 12.1. The highest BCUT2D eigenvalue weighted by Crippen LogP contribution is 2.21. The number of hydrogen-bond acceptors (Lipinski definition) is 5. The zero-order valence-electron chi connectivity index (χ0n) is 15.9. The summed E-state index contributed by atoms with van der Waals surface area (Å²) in [6.07, 6.45) is 0.854. The molecular formula is C18H27F3N4O. The van der Waals surface area contributed by atoms with E-state index >= 15 is 0 Å². The molecule has 1 aromatic heterocycles. The van der Waals surface area contributed by atoms with Crippen molar-refractivity contribution in [3.05, 3.63) is 35.2 Å². The zero-order chi connectivity index (χ0) is 20.0. The van der Waals surface area contributed by atoms with E-state index in [1.807, 2.05) is 40.7 Å². The number of halogens is 3. The number of alkyl halides is 3. The first-order valence-corrected chi connectivity index (χ1v) is 8.21. The Kier molecular flexibility index (Phi) is 7.62. The molecule has 5 nitrogen and oxygen atoms in total. The molecule has 0 saturated carbocycles. The van der Waals surface area contributed by atoms with Crippen LogP contribution in [0.25, 0.3) is 0 Å². The molecule has 0 saturated heterocycles. The molecule has 1 aromatic rings. The van der Waals surface area contributed by atoms with Gasteiger partial charge in [0.2, 0.25) is 5.88 Å². The Morgan fingerprint density at radius 1 is 1.23 bits per heavy atom. The van der Waals surface area contributed by atoms with Crippen molar-refractivity contribution in [3.63, 3.8) is 0 Å². The number of aliphatic imine (C=N–C) groups is 1. The topological polar surface area (TPSA) is 63.7 Å². The predicted molar refractivity (Wildman–Crippen MR) is 97.1 cm³/mol. The van der Waals surface area contributed by atoms with Crippen LogP contribution in [-0.4, -0.2) is 41.1 Å². The van der Waals surface area contributed by atoms with Crippen molar-refractivity contribution in [1.29, 1.82) is 0 Å². The second kappa shape index (κ2) is 9.02. The van der Waals surface area contributed by atoms with Crippen molar-refractivity contribution in [2.24, 2.45) is 10.7 Å². The minimum atomic E-state index is -4.36. The lowest BCUT2D eigenvalue weighted by Crippen LogP contribution is -2.26. The van der Waals surface area contributed by atoms with Crippen LogP contribution in [0, 0.1) is 6.92 Å². The van der Waals surface area contributed by atoms with E-state index in [1.54, 1.807) is 12.4 Å². The van der Waals surface area contributed by atoms with E-state index in [-0.39, 0.29) is 11.4 Å². The van der Waals surface area contributed by atoms with Crippen LogP contribution in [0.3, 0.4) is 0 Å². The zero-order valence-corrected chi connectivity index (χ0v) is 15.9. The SMILES string of the molecule is CC(C)(C)N.CC1=CC=NCN1Cc1cnc(OCC(F)(F)F)cc1C. The smallest absolute Gasteiger partial charge is 0.422 e. The fourth-order valence-electron chi connectivity index (χ4n) is 1.86. The summed E-state index contributed by atoms with van der Waals surface area (Å²) in [5.74, 6) is -0.0162. The molecule has 0 amide bonds. The van der Waals surface area contributed by atoms with E-state index in [0.29, 0.717) is 13.2 Å². The third-order valence-corrected chi connectivity index (χ3v) is 3.11. The third kappa shape index (κ3) is 9.41. The van der Waals surface area contributed by atoms with Crippen LogP contribution >= 0.6 is 0 Å². The number of aromatic nitrogens is 1. The van der Waals surface area contributed by atoms with Crippen LogP contribution < -0.4 is 10.5 Å². The van der Waals surface area contributed by atoms with Crippen molar-refractivity contribution in [2.75, 3.05) is 13.3 Å². The highest BCUT2D eigenvalue weighted by molar-refractivity contribution is 5.72. The van der Waals surface area contributed by atoms with Gasteiger partial charge in [0.05, 0.1) is 0 Å². The van der Waals surface area contributed by atoms with Gasteiger partial charge >= 0.3 is 6.18 Å². The summed E-state index contributed by atoms with van der Waals surface area (Å²) in [6, 6.07) is 1.52. The fourth-order valence-corrected chi connectivity index (χ4v) is 1.86. The van der Waals surface area contributed by atoms with Gasteiger partial charge in [-0.3, -0.25) is 4.99 Å². The number of ether oxygens (including phenoxy) is 1. The number of allylic oxidation sites excluding steroid dienone is 2. The van der Waals surface area contributed by atoms with Gasteiger partial charge < -0.3 is 15.4 Å². The molecule has 2 N–H and O–H groups in total. The molecule has 0 spiro atoms. The van der Waals surface area contributed by atoms with Crippen LogP contribution in [0.1, 0.15) is 38.8 Å². The minimum Gasteiger partial charge on any atom is -0.468 e. The Balaban J connectivity index is 0.000000597. The summed E-state index contributed by atoms with van der Waals surface area (Å²) >= 11 is 0. The van der Waals surface area contributed by atoms with Gasteiger partial charge in [0.15, 0.2) is 6.61 Å². The normalized spacial score (nSPS) is 14.5. The number of hydrogen-bond donors (Lipinski definition) is 1. The summed E-state index contributed by atoms with van der Waals surface area (Å²) in [6.45, 7) is 9.54. The van der Waals surface area contributed by atoms with E-state index in [0.717, 1.165) is 16.8 Å². The maximum atomic E-state index is 12.1. The van der Waals surface area contributed by atoms with Gasteiger partial charge in [0.1, 0.15) is 6.67 Å². The molecule has 8 heteroatoms. The van der Waals surface area contributed by atoms with Crippen molar-refractivity contribution in [3.8, 4) is 5.88 Å². The molecule has 0 aromatic carbocycles. The number of pyridine rings is 1. The highest BCUT2D eigenvalue weighted by Gasteiger charge is 2.28. The molecule has 0 bridgehead atoms. The Bertz CT molecular complexity index is 643. The predicted octanol–water partition coefficient (Wildman–Crippen LogP) is 3.82. The van der Waals surface area contributed by atoms with Gasteiger partial charge in [-0.15, -0.1) is 0 Å². The second-order valence-corrected chi connectivity index (χ2v) is 7.20. The van der Waals surface area contributed by atoms with Gasteiger partial charge in [-0.05, 0) is 51.8 Å². The number of rotatable bonds is 4. The lowest BCUT2D eigenvalue weighted by molar-refractivity contribution is -0.154. The molecule has 2 rings (SSSR count). The van der Waals surface area contributed by atoms with Crippen LogP contribution in [0.5, 0.6) is 5.88 Å². The fraction of sp³-hybridized carbons (Fsp3) is 0.556. The molecule has 0 aliphatic carbocycles. The monoisotopic (exact) mass is 372 g/mol. The molecule has 26 heavy (non-hydrogen) atoms. The van der Waals surface area contributed by atoms with Crippen molar-refractivity contribution >= 4 is 6.21 Å². The average molecular weight is 372 g/mol. The van der Waals surface area contributed by atoms with Gasteiger partial charge in [-0.2, -0.15) is 13.2 Å². The quantitative estimate of drug-likeness (QED) is 0.873. The largest absolute Gasteiger partial charge is 0.468 e. The maximum Gasteiger partial charge on any atom is 0.422 e. The van der Waals surface area contributed by atoms with Gasteiger partial charge in [0, 0.05) is 36.3 Å². The Morgan fingerprint density at radius 3 is 2.35 bits per heavy atom. The van der Waals surface area contributed by atoms with Gasteiger partial charge in [-0.1, -0.05) is 0 Å². The van der Waals surface area contributed by atoms with Crippen LogP contribution in [0.2, 0.25) is 0 Å². The second-order valence-electron chi connectivity index (χ2n) is 7.20. The first kappa shape index (κ1) is 22.0. The molecule has 1 aliphatic heterocycles. The lowest BCUT2D eigenvalue weighted by atomic mass is 10.1. The van der Waals surface area contributed by atoms with Crippen LogP contribution in [0.15, 0.2) is 29.0 Å². The summed E-state index contributed by atoms with van der Waals surface area (Å²) in [4.78, 5) is 10.1. The van der Waals surface area contributed by atoms with E-state index in [4.69, 9.17) is 5.73 Å². The Morgan fingerprint density at radius 2 is 1.85 bits per heavy atom. The Labute approximate surface area is 152 Å². The molecule has 2 heterocycles.